The number of esters is 1. The molecule has 0 aromatic rings. The number of ether oxygens (including phenoxy) is 6. The summed E-state index contributed by atoms with van der Waals surface area (Å²) in [7, 11) is 3.80. The second-order valence-electron chi connectivity index (χ2n) is 6.96. The molecule has 0 aliphatic heterocycles. The molecule has 2 amide bonds. The SMILES string of the molecule is COC(=O)CCCOC(COC(=O)NCCOCCN[B]C=O)COC(=O)NCCOCCN[B]C=O. The number of hydrogen-bond acceptors (Lipinski definition) is 13. The van der Waals surface area contributed by atoms with Crippen molar-refractivity contribution in [3.05, 3.63) is 0 Å². The fourth-order valence-corrected chi connectivity index (χ4v) is 2.33. The normalized spacial score (nSPS) is 10.3. The molecule has 37 heavy (non-hydrogen) atoms. The minimum atomic E-state index is -0.762. The number of carbonyl (C=O) groups excluding carboxylic acids is 5. The van der Waals surface area contributed by atoms with Crippen molar-refractivity contribution in [2.75, 3.05) is 79.5 Å². The zero-order valence-electron chi connectivity index (χ0n) is 21.1. The molecular weight excluding hydrogens is 494 g/mol. The van der Waals surface area contributed by atoms with Crippen LogP contribution >= 0.6 is 0 Å². The topological polar surface area (TPSA) is 189 Å². The van der Waals surface area contributed by atoms with E-state index in [-0.39, 0.29) is 58.5 Å². The maximum absolute atomic E-state index is 11.9. The molecule has 0 saturated heterocycles. The van der Waals surface area contributed by atoms with E-state index in [1.165, 1.54) is 21.9 Å². The zero-order chi connectivity index (χ0) is 27.4. The highest BCUT2D eigenvalue weighted by Gasteiger charge is 2.16. The second-order valence-corrected chi connectivity index (χ2v) is 6.96. The van der Waals surface area contributed by atoms with Crippen LogP contribution in [0.4, 0.5) is 9.59 Å². The van der Waals surface area contributed by atoms with Gasteiger partial charge in [-0.1, -0.05) is 0 Å². The van der Waals surface area contributed by atoms with Gasteiger partial charge in [-0.25, -0.2) is 9.59 Å². The highest BCUT2D eigenvalue weighted by molar-refractivity contribution is 6.64. The molecule has 0 spiro atoms. The largest absolute Gasteiger partial charge is 0.469 e. The van der Waals surface area contributed by atoms with E-state index in [0.29, 0.717) is 45.1 Å². The van der Waals surface area contributed by atoms with Crippen LogP contribution in [-0.4, -0.2) is 131 Å². The Kier molecular flexibility index (Phi) is 24.4. The van der Waals surface area contributed by atoms with Crippen molar-refractivity contribution >= 4 is 45.4 Å². The van der Waals surface area contributed by atoms with Crippen LogP contribution in [-0.2, 0) is 42.8 Å². The van der Waals surface area contributed by atoms with Gasteiger partial charge in [-0.15, -0.1) is 0 Å². The van der Waals surface area contributed by atoms with E-state index in [1.807, 2.05) is 0 Å². The lowest BCUT2D eigenvalue weighted by Crippen LogP contribution is -2.36. The molecule has 0 aliphatic carbocycles. The monoisotopic (exact) mass is 530 g/mol. The molecule has 0 fully saturated rings. The average molecular weight is 530 g/mol. The van der Waals surface area contributed by atoms with E-state index in [4.69, 9.17) is 23.7 Å². The first kappa shape index (κ1) is 34.3. The summed E-state index contributed by atoms with van der Waals surface area (Å²) in [6, 6.07) is 0. The van der Waals surface area contributed by atoms with Crippen LogP contribution in [0.3, 0.4) is 0 Å². The van der Waals surface area contributed by atoms with Crippen molar-refractivity contribution in [2.45, 2.75) is 18.9 Å². The highest BCUT2D eigenvalue weighted by Crippen LogP contribution is 2.01. The van der Waals surface area contributed by atoms with Gasteiger partial charge in [0.15, 0.2) is 0 Å². The lowest BCUT2D eigenvalue weighted by molar-refractivity contribution is -0.141. The van der Waals surface area contributed by atoms with Gasteiger partial charge < -0.3 is 59.1 Å². The maximum Gasteiger partial charge on any atom is 0.407 e. The predicted molar refractivity (Wildman–Crippen MR) is 132 cm³/mol. The van der Waals surface area contributed by atoms with E-state index in [1.54, 1.807) is 0 Å². The third kappa shape index (κ3) is 24.7. The van der Waals surface area contributed by atoms with Gasteiger partial charge >= 0.3 is 18.2 Å². The standard InChI is InChI=1S/C20H36B2N4O11/c1-32-18(29)3-2-8-35-17(13-36-19(30)23-4-9-33-11-6-25-21-15-27)14-37-20(31)24-5-10-34-12-7-26-22-16-28/h15-17,25-26H,2-14H2,1H3,(H,23,30)(H,24,31). The Labute approximate surface area is 217 Å². The Bertz CT molecular complexity index is 595. The molecule has 0 atom stereocenters. The molecular formula is C20H36B2N4O11. The van der Waals surface area contributed by atoms with Crippen LogP contribution < -0.4 is 21.1 Å². The van der Waals surface area contributed by atoms with E-state index in [2.05, 4.69) is 25.8 Å². The van der Waals surface area contributed by atoms with Gasteiger partial charge in [-0.2, -0.15) is 0 Å². The Morgan fingerprint density at radius 3 is 1.70 bits per heavy atom. The van der Waals surface area contributed by atoms with Crippen molar-refractivity contribution in [1.29, 1.82) is 0 Å². The summed E-state index contributed by atoms with van der Waals surface area (Å²) in [5.74, 6) is -0.383. The molecule has 0 aliphatic rings. The third-order valence-electron chi connectivity index (χ3n) is 4.09. The third-order valence-corrected chi connectivity index (χ3v) is 4.09. The van der Waals surface area contributed by atoms with E-state index in [0.717, 1.165) is 0 Å². The number of hydrogen-bond donors (Lipinski definition) is 4. The smallest absolute Gasteiger partial charge is 0.407 e. The Balaban J connectivity index is 4.18. The van der Waals surface area contributed by atoms with Gasteiger partial charge in [0, 0.05) is 39.2 Å². The Morgan fingerprint density at radius 2 is 1.24 bits per heavy atom. The van der Waals surface area contributed by atoms with Crippen LogP contribution in [0.25, 0.3) is 0 Å². The van der Waals surface area contributed by atoms with E-state index < -0.39 is 18.3 Å². The fraction of sp³-hybridized carbons (Fsp3) is 0.750. The number of nitrogens with one attached hydrogen (secondary N) is 4. The fourth-order valence-electron chi connectivity index (χ4n) is 2.33. The van der Waals surface area contributed by atoms with Crippen LogP contribution in [0, 0.1) is 0 Å². The molecule has 0 aromatic heterocycles. The molecule has 4 N–H and O–H groups in total. The van der Waals surface area contributed by atoms with Crippen LogP contribution in [0.1, 0.15) is 12.8 Å². The van der Waals surface area contributed by atoms with Crippen molar-refractivity contribution in [3.63, 3.8) is 0 Å². The van der Waals surface area contributed by atoms with E-state index in [9.17, 15) is 24.0 Å². The predicted octanol–water partition coefficient (Wildman–Crippen LogP) is -2.39. The maximum atomic E-state index is 11.9. The number of rotatable bonds is 25. The van der Waals surface area contributed by atoms with Crippen molar-refractivity contribution < 1.29 is 52.4 Å². The van der Waals surface area contributed by atoms with Gasteiger partial charge in [0.2, 0.25) is 0 Å². The van der Waals surface area contributed by atoms with Crippen LogP contribution in [0.5, 0.6) is 0 Å². The molecule has 2 radical (unpaired) electrons. The number of alkyl carbamates (subject to hydrolysis) is 2. The lowest BCUT2D eigenvalue weighted by atomic mass is 9.99. The molecule has 0 unspecified atom stereocenters. The first-order valence-corrected chi connectivity index (χ1v) is 11.7. The summed E-state index contributed by atoms with van der Waals surface area (Å²) in [5, 5.41) is 10.4. The molecule has 0 aromatic carbocycles. The van der Waals surface area contributed by atoms with Gasteiger partial charge in [-0.3, -0.25) is 4.79 Å². The lowest BCUT2D eigenvalue weighted by Gasteiger charge is -2.18. The van der Waals surface area contributed by atoms with Crippen molar-refractivity contribution in [3.8, 4) is 0 Å². The minimum Gasteiger partial charge on any atom is -0.469 e. The Hall–Kier alpha value is -2.72. The molecule has 15 nitrogen and oxygen atoms in total. The van der Waals surface area contributed by atoms with Crippen molar-refractivity contribution in [2.24, 2.45) is 0 Å². The highest BCUT2D eigenvalue weighted by atomic mass is 16.6. The first-order valence-electron chi connectivity index (χ1n) is 11.7. The molecule has 0 saturated carbocycles. The molecule has 0 rings (SSSR count). The zero-order valence-corrected chi connectivity index (χ0v) is 21.1. The van der Waals surface area contributed by atoms with Crippen LogP contribution in [0.2, 0.25) is 0 Å². The van der Waals surface area contributed by atoms with Gasteiger partial charge in [0.1, 0.15) is 19.3 Å². The number of carbonyl (C=O) groups is 5. The summed E-state index contributed by atoms with van der Waals surface area (Å²) < 4.78 is 30.9. The summed E-state index contributed by atoms with van der Waals surface area (Å²) in [4.78, 5) is 55.2. The summed E-state index contributed by atoms with van der Waals surface area (Å²) >= 11 is 0. The summed E-state index contributed by atoms with van der Waals surface area (Å²) in [6.07, 6.45) is -0.406. The molecule has 0 bridgehead atoms. The van der Waals surface area contributed by atoms with E-state index >= 15 is 0 Å². The molecule has 0 heterocycles. The number of amides is 2. The van der Waals surface area contributed by atoms with Gasteiger partial charge in [-0.05, 0) is 6.42 Å². The summed E-state index contributed by atoms with van der Waals surface area (Å²) in [6.45, 7) is 2.27. The minimum absolute atomic E-state index is 0.150. The van der Waals surface area contributed by atoms with Gasteiger partial charge in [0.25, 0.3) is 14.8 Å². The average Bonchev–Trinajstić information content (AvgIpc) is 2.90. The van der Waals surface area contributed by atoms with Crippen molar-refractivity contribution in [1.82, 2.24) is 21.1 Å². The van der Waals surface area contributed by atoms with Gasteiger partial charge in [0.05, 0.1) is 45.9 Å². The number of methoxy groups -OCH3 is 1. The summed E-state index contributed by atoms with van der Waals surface area (Å²) in [5.41, 5.74) is 0. The first-order chi connectivity index (χ1) is 18.0. The second kappa shape index (κ2) is 26.3. The quantitative estimate of drug-likeness (QED) is 0.0322. The molecule has 208 valence electrons. The van der Waals surface area contributed by atoms with Crippen LogP contribution in [0.15, 0.2) is 0 Å². The Morgan fingerprint density at radius 1 is 0.757 bits per heavy atom. The molecule has 17 heteroatoms.